The van der Waals surface area contributed by atoms with Gasteiger partial charge in [-0.15, -0.1) is 0 Å². The van der Waals surface area contributed by atoms with Crippen LogP contribution in [0.4, 0.5) is 0 Å². The second kappa shape index (κ2) is 5.37. The van der Waals surface area contributed by atoms with Crippen LogP contribution in [0, 0.1) is 22.7 Å². The first-order valence-electron chi connectivity index (χ1n) is 6.60. The van der Waals surface area contributed by atoms with Gasteiger partial charge in [0.25, 0.3) is 0 Å². The minimum atomic E-state index is -1.07. The Morgan fingerprint density at radius 1 is 1.53 bits per heavy atom. The summed E-state index contributed by atoms with van der Waals surface area (Å²) in [4.78, 5) is 0. The molecule has 0 aromatic heterocycles. The summed E-state index contributed by atoms with van der Waals surface area (Å²) in [5, 5.41) is 20.2. The smallest absolute Gasteiger partial charge is 0.106 e. The number of aliphatic hydroxyl groups is 1. The zero-order valence-electron chi connectivity index (χ0n) is 11.5. The number of ether oxygens (including phenoxy) is 1. The van der Waals surface area contributed by atoms with Crippen LogP contribution < -0.4 is 0 Å². The average molecular weight is 239 g/mol. The van der Waals surface area contributed by atoms with Gasteiger partial charge in [-0.1, -0.05) is 13.3 Å². The molecule has 1 saturated carbocycles. The number of nitriles is 1. The Bertz CT molecular complexity index is 285. The molecule has 0 radical (unpaired) electrons. The van der Waals surface area contributed by atoms with Gasteiger partial charge in [-0.3, -0.25) is 0 Å². The lowest BCUT2D eigenvalue weighted by Crippen LogP contribution is -2.54. The Balaban J connectivity index is 2.88. The van der Waals surface area contributed by atoms with Gasteiger partial charge in [-0.2, -0.15) is 5.26 Å². The number of rotatable bonds is 4. The van der Waals surface area contributed by atoms with Crippen molar-refractivity contribution < 1.29 is 9.84 Å². The van der Waals surface area contributed by atoms with Crippen LogP contribution in [0.5, 0.6) is 0 Å². The number of hydrogen-bond acceptors (Lipinski definition) is 3. The summed E-state index contributed by atoms with van der Waals surface area (Å²) in [6.07, 6.45) is 4.49. The summed E-state index contributed by atoms with van der Waals surface area (Å²) in [7, 11) is 1.59. The van der Waals surface area contributed by atoms with E-state index in [1.807, 2.05) is 6.92 Å². The lowest BCUT2D eigenvalue weighted by Gasteiger charge is -2.46. The molecule has 98 valence electrons. The minimum Gasteiger partial charge on any atom is -0.386 e. The van der Waals surface area contributed by atoms with Crippen molar-refractivity contribution in [3.63, 3.8) is 0 Å². The van der Waals surface area contributed by atoms with Crippen LogP contribution in [-0.4, -0.2) is 23.9 Å². The Labute approximate surface area is 105 Å². The fraction of sp³-hybridized carbons (Fsp3) is 0.929. The van der Waals surface area contributed by atoms with Crippen molar-refractivity contribution in [1.29, 1.82) is 5.26 Å². The summed E-state index contributed by atoms with van der Waals surface area (Å²) in [6, 6.07) is 2.39. The van der Waals surface area contributed by atoms with Crippen molar-refractivity contribution in [2.75, 3.05) is 7.11 Å². The summed E-state index contributed by atoms with van der Waals surface area (Å²) in [6.45, 7) is 5.78. The summed E-state index contributed by atoms with van der Waals surface area (Å²) < 4.78 is 5.25. The van der Waals surface area contributed by atoms with E-state index in [-0.39, 0.29) is 6.10 Å². The van der Waals surface area contributed by atoms with Gasteiger partial charge in [0.15, 0.2) is 0 Å². The zero-order valence-corrected chi connectivity index (χ0v) is 11.5. The molecule has 2 atom stereocenters. The highest BCUT2D eigenvalue weighted by Gasteiger charge is 2.52. The van der Waals surface area contributed by atoms with E-state index in [9.17, 15) is 10.4 Å². The highest BCUT2D eigenvalue weighted by Crippen LogP contribution is 2.48. The fourth-order valence-corrected chi connectivity index (χ4v) is 2.93. The molecule has 1 aliphatic rings. The molecule has 0 saturated heterocycles. The molecule has 1 fully saturated rings. The van der Waals surface area contributed by atoms with Crippen molar-refractivity contribution in [1.82, 2.24) is 0 Å². The Hall–Kier alpha value is -0.590. The molecule has 0 bridgehead atoms. The van der Waals surface area contributed by atoms with Crippen LogP contribution in [-0.2, 0) is 4.74 Å². The molecule has 17 heavy (non-hydrogen) atoms. The second-order valence-electron chi connectivity index (χ2n) is 5.57. The van der Waals surface area contributed by atoms with E-state index in [2.05, 4.69) is 13.0 Å². The van der Waals surface area contributed by atoms with Gasteiger partial charge in [-0.05, 0) is 45.4 Å². The first kappa shape index (κ1) is 14.5. The maximum atomic E-state index is 10.7. The van der Waals surface area contributed by atoms with Crippen LogP contribution in [0.25, 0.3) is 0 Å². The molecule has 0 heterocycles. The van der Waals surface area contributed by atoms with Crippen LogP contribution in [0.2, 0.25) is 0 Å². The molecule has 0 aromatic rings. The topological polar surface area (TPSA) is 53.2 Å². The second-order valence-corrected chi connectivity index (χ2v) is 5.57. The molecule has 0 spiro atoms. The van der Waals surface area contributed by atoms with Crippen molar-refractivity contribution in [3.05, 3.63) is 0 Å². The van der Waals surface area contributed by atoms with Gasteiger partial charge in [0, 0.05) is 7.11 Å². The van der Waals surface area contributed by atoms with Gasteiger partial charge >= 0.3 is 0 Å². The molecular formula is C14H25NO2. The number of methoxy groups -OCH3 is 1. The fourth-order valence-electron chi connectivity index (χ4n) is 2.93. The number of hydrogen-bond donors (Lipinski definition) is 1. The first-order valence-corrected chi connectivity index (χ1v) is 6.60. The average Bonchev–Trinajstić information content (AvgIpc) is 2.37. The van der Waals surface area contributed by atoms with Gasteiger partial charge in [0.1, 0.15) is 5.60 Å². The van der Waals surface area contributed by atoms with E-state index < -0.39 is 11.0 Å². The molecular weight excluding hydrogens is 214 g/mol. The van der Waals surface area contributed by atoms with E-state index in [0.717, 1.165) is 25.7 Å². The normalized spacial score (nSPS) is 34.7. The van der Waals surface area contributed by atoms with Crippen molar-refractivity contribution in [3.8, 4) is 6.07 Å². The highest BCUT2D eigenvalue weighted by atomic mass is 16.5. The minimum absolute atomic E-state index is 0.319. The molecule has 0 aromatic carbocycles. The SMILES string of the molecule is CCC1CCC(C#N)(C(C)(O)C(C)OC)CC1. The standard InChI is InChI=1S/C14H25NO2/c1-5-12-6-8-14(10-15,9-7-12)13(3,16)11(2)17-4/h11-12,16H,5-9H2,1-4H3. The van der Waals surface area contributed by atoms with Gasteiger partial charge in [0.05, 0.1) is 17.6 Å². The van der Waals surface area contributed by atoms with E-state index in [0.29, 0.717) is 5.92 Å². The van der Waals surface area contributed by atoms with Crippen LogP contribution >= 0.6 is 0 Å². The van der Waals surface area contributed by atoms with E-state index in [4.69, 9.17) is 4.74 Å². The predicted molar refractivity (Wildman–Crippen MR) is 67.4 cm³/mol. The monoisotopic (exact) mass is 239 g/mol. The summed E-state index contributed by atoms with van der Waals surface area (Å²) in [5.41, 5.74) is -1.72. The summed E-state index contributed by atoms with van der Waals surface area (Å²) >= 11 is 0. The highest BCUT2D eigenvalue weighted by molar-refractivity contribution is 5.13. The van der Waals surface area contributed by atoms with Crippen molar-refractivity contribution in [2.45, 2.75) is 64.6 Å². The molecule has 3 heteroatoms. The van der Waals surface area contributed by atoms with Crippen molar-refractivity contribution >= 4 is 0 Å². The van der Waals surface area contributed by atoms with Crippen molar-refractivity contribution in [2.24, 2.45) is 11.3 Å². The van der Waals surface area contributed by atoms with E-state index >= 15 is 0 Å². The molecule has 1 N–H and O–H groups in total. The van der Waals surface area contributed by atoms with E-state index in [1.54, 1.807) is 14.0 Å². The van der Waals surface area contributed by atoms with Crippen LogP contribution in [0.3, 0.4) is 0 Å². The van der Waals surface area contributed by atoms with Gasteiger partial charge in [0.2, 0.25) is 0 Å². The van der Waals surface area contributed by atoms with Crippen LogP contribution in [0.15, 0.2) is 0 Å². The quantitative estimate of drug-likeness (QED) is 0.820. The first-order chi connectivity index (χ1) is 7.93. The molecule has 0 aliphatic heterocycles. The zero-order chi connectivity index (χ0) is 13.1. The Morgan fingerprint density at radius 3 is 2.41 bits per heavy atom. The maximum absolute atomic E-state index is 10.7. The maximum Gasteiger partial charge on any atom is 0.106 e. The van der Waals surface area contributed by atoms with Gasteiger partial charge in [-0.25, -0.2) is 0 Å². The third-order valence-corrected chi connectivity index (χ3v) is 4.86. The van der Waals surface area contributed by atoms with Crippen LogP contribution in [0.1, 0.15) is 52.9 Å². The molecule has 1 aliphatic carbocycles. The third kappa shape index (κ3) is 2.48. The van der Waals surface area contributed by atoms with Gasteiger partial charge < -0.3 is 9.84 Å². The Kier molecular flexibility index (Phi) is 4.57. The lowest BCUT2D eigenvalue weighted by molar-refractivity contribution is -0.145. The number of nitrogens with zero attached hydrogens (tertiary/aromatic N) is 1. The lowest BCUT2D eigenvalue weighted by atomic mass is 9.61. The Morgan fingerprint density at radius 2 is 2.06 bits per heavy atom. The summed E-state index contributed by atoms with van der Waals surface area (Å²) in [5.74, 6) is 0.713. The molecule has 0 amide bonds. The molecule has 3 nitrogen and oxygen atoms in total. The predicted octanol–water partition coefficient (Wildman–Crippen LogP) is 2.88. The third-order valence-electron chi connectivity index (χ3n) is 4.86. The largest absolute Gasteiger partial charge is 0.386 e. The van der Waals surface area contributed by atoms with E-state index in [1.165, 1.54) is 6.42 Å². The molecule has 2 unspecified atom stereocenters. The molecule has 1 rings (SSSR count).